The van der Waals surface area contributed by atoms with Gasteiger partial charge in [0.05, 0.1) is 25.0 Å². The Morgan fingerprint density at radius 3 is 1.77 bits per heavy atom. The van der Waals surface area contributed by atoms with Crippen LogP contribution >= 0.6 is 15.9 Å². The van der Waals surface area contributed by atoms with E-state index in [0.717, 1.165) is 4.90 Å². The number of rotatable bonds is 19. The lowest BCUT2D eigenvalue weighted by atomic mass is 10.0. The number of nitrogens with zero attached hydrogens (tertiary/aromatic N) is 2. The molecule has 0 aromatic heterocycles. The van der Waals surface area contributed by atoms with Gasteiger partial charge in [-0.25, -0.2) is 9.59 Å². The topological polar surface area (TPSA) is 234 Å². The average Bonchev–Trinajstić information content (AvgIpc) is 2.81. The maximum atomic E-state index is 11.6. The third kappa shape index (κ3) is 13.2. The Hall–Kier alpha value is -3.60. The number of aliphatic carboxylic acids is 5. The number of halogens is 1. The van der Waals surface area contributed by atoms with Crippen LogP contribution in [0.3, 0.4) is 0 Å². The molecule has 216 valence electrons. The molecule has 2 atom stereocenters. The first-order chi connectivity index (χ1) is 18.2. The third-order valence-electron chi connectivity index (χ3n) is 5.33. The molecular weight excluding hydrogens is 588 g/mol. The van der Waals surface area contributed by atoms with E-state index >= 15 is 0 Å². The van der Waals surface area contributed by atoms with Gasteiger partial charge in [-0.05, 0) is 31.0 Å². The number of benzene rings is 1. The first-order valence-corrected chi connectivity index (χ1v) is 12.6. The Bertz CT molecular complexity index is 1010. The van der Waals surface area contributed by atoms with Gasteiger partial charge in [-0.2, -0.15) is 0 Å². The van der Waals surface area contributed by atoms with Crippen molar-refractivity contribution in [3.05, 3.63) is 29.8 Å². The minimum atomic E-state index is -1.94. The molecule has 2 unspecified atom stereocenters. The molecule has 7 N–H and O–H groups in total. The molecule has 0 aliphatic rings. The quantitative estimate of drug-likeness (QED) is 0.0750. The van der Waals surface area contributed by atoms with Crippen LogP contribution in [0.4, 0.5) is 5.69 Å². The maximum Gasteiger partial charge on any atom is 0.332 e. The van der Waals surface area contributed by atoms with Gasteiger partial charge in [-0.3, -0.25) is 34.3 Å². The molecule has 1 amide bonds. The van der Waals surface area contributed by atoms with E-state index in [0.29, 0.717) is 11.3 Å². The van der Waals surface area contributed by atoms with Crippen molar-refractivity contribution in [1.29, 1.82) is 0 Å². The smallest absolute Gasteiger partial charge is 0.332 e. The van der Waals surface area contributed by atoms with Crippen molar-refractivity contribution in [3.63, 3.8) is 0 Å². The van der Waals surface area contributed by atoms with Crippen LogP contribution in [0.15, 0.2) is 24.3 Å². The molecule has 0 saturated heterocycles. The molecule has 0 spiro atoms. The molecule has 39 heavy (non-hydrogen) atoms. The molecule has 0 aliphatic carbocycles. The van der Waals surface area contributed by atoms with Crippen LogP contribution in [0.25, 0.3) is 0 Å². The fraction of sp³-hybridized carbons (Fsp3) is 0.478. The third-order valence-corrected chi connectivity index (χ3v) is 5.84. The summed E-state index contributed by atoms with van der Waals surface area (Å²) in [7, 11) is 0. The highest BCUT2D eigenvalue weighted by molar-refractivity contribution is 9.09. The van der Waals surface area contributed by atoms with Crippen molar-refractivity contribution in [2.75, 3.05) is 43.4 Å². The summed E-state index contributed by atoms with van der Waals surface area (Å²) in [4.78, 5) is 71.1. The van der Waals surface area contributed by atoms with Gasteiger partial charge in [0.25, 0.3) is 0 Å². The average molecular weight is 619 g/mol. The second-order valence-electron chi connectivity index (χ2n) is 8.69. The molecule has 0 fully saturated rings. The highest BCUT2D eigenvalue weighted by Crippen LogP contribution is 2.16. The van der Waals surface area contributed by atoms with E-state index in [1.54, 1.807) is 24.3 Å². The summed E-state index contributed by atoms with van der Waals surface area (Å²) in [6.45, 7) is -0.735. The Balaban J connectivity index is 3.26. The second kappa shape index (κ2) is 16.4. The lowest BCUT2D eigenvalue weighted by Crippen LogP contribution is -2.54. The number of amides is 1. The number of carbonyl (C=O) groups excluding carboxylic acids is 1. The molecule has 0 heterocycles. The van der Waals surface area contributed by atoms with E-state index < -0.39 is 67.6 Å². The van der Waals surface area contributed by atoms with Crippen LogP contribution in [0.2, 0.25) is 0 Å². The van der Waals surface area contributed by atoms with E-state index in [1.165, 1.54) is 11.8 Å². The van der Waals surface area contributed by atoms with Crippen LogP contribution in [-0.4, -0.2) is 127 Å². The van der Waals surface area contributed by atoms with Gasteiger partial charge in [-0.15, -0.1) is 0 Å². The summed E-state index contributed by atoms with van der Waals surface area (Å²) in [5, 5.41) is 51.5. The summed E-state index contributed by atoms with van der Waals surface area (Å²) in [5.41, 5.74) is 1.13. The number of nitrogens with one attached hydrogen (secondary N) is 2. The van der Waals surface area contributed by atoms with Gasteiger partial charge in [0, 0.05) is 30.9 Å². The molecule has 0 aliphatic heterocycles. The van der Waals surface area contributed by atoms with Gasteiger partial charge in [0.15, 0.2) is 0 Å². The van der Waals surface area contributed by atoms with Crippen LogP contribution < -0.4 is 10.6 Å². The zero-order chi connectivity index (χ0) is 29.7. The first-order valence-electron chi connectivity index (χ1n) is 11.5. The fourth-order valence-corrected chi connectivity index (χ4v) is 3.97. The number of carboxylic acid groups (broad SMARTS) is 5. The SMILES string of the molecule is CC(CN(CC(=O)O)CC(Cc1ccc(NC(=O)CBr)cc1)N(CC(=O)O)CC(=O)O)NC(C(=O)O)C(=O)O. The molecule has 0 saturated carbocycles. The number of hydrogen-bond acceptors (Lipinski definition) is 9. The minimum Gasteiger partial charge on any atom is -0.480 e. The van der Waals surface area contributed by atoms with E-state index in [4.69, 9.17) is 10.2 Å². The van der Waals surface area contributed by atoms with Crippen LogP contribution in [0, 0.1) is 0 Å². The number of carbonyl (C=O) groups is 6. The summed E-state index contributed by atoms with van der Waals surface area (Å²) >= 11 is 3.04. The van der Waals surface area contributed by atoms with Gasteiger partial charge in [-0.1, -0.05) is 28.1 Å². The first kappa shape index (κ1) is 33.4. The van der Waals surface area contributed by atoms with Gasteiger partial charge >= 0.3 is 29.8 Å². The summed E-state index contributed by atoms with van der Waals surface area (Å²) in [6, 6.07) is 2.89. The number of carboxylic acids is 5. The molecule has 16 heteroatoms. The molecule has 0 bridgehead atoms. The fourth-order valence-electron chi connectivity index (χ4n) is 3.83. The zero-order valence-corrected chi connectivity index (χ0v) is 22.5. The van der Waals surface area contributed by atoms with Crippen molar-refractivity contribution < 1.29 is 54.3 Å². The van der Waals surface area contributed by atoms with Crippen molar-refractivity contribution in [2.45, 2.75) is 31.5 Å². The van der Waals surface area contributed by atoms with Crippen LogP contribution in [0.1, 0.15) is 12.5 Å². The van der Waals surface area contributed by atoms with E-state index in [1.807, 2.05) is 0 Å². The molecule has 1 rings (SSSR count). The number of hydrogen-bond donors (Lipinski definition) is 7. The van der Waals surface area contributed by atoms with Gasteiger partial charge < -0.3 is 30.8 Å². The Morgan fingerprint density at radius 1 is 0.821 bits per heavy atom. The Morgan fingerprint density at radius 2 is 1.33 bits per heavy atom. The monoisotopic (exact) mass is 618 g/mol. The largest absolute Gasteiger partial charge is 0.480 e. The lowest BCUT2D eigenvalue weighted by Gasteiger charge is -2.35. The molecule has 1 aromatic carbocycles. The number of alkyl halides is 1. The van der Waals surface area contributed by atoms with Crippen LogP contribution in [0.5, 0.6) is 0 Å². The Kier molecular flexibility index (Phi) is 14.0. The summed E-state index contributed by atoms with van der Waals surface area (Å²) < 4.78 is 0. The van der Waals surface area contributed by atoms with Gasteiger partial charge in [0.2, 0.25) is 11.9 Å². The maximum absolute atomic E-state index is 11.6. The highest BCUT2D eigenvalue weighted by Gasteiger charge is 2.30. The molecule has 1 aromatic rings. The minimum absolute atomic E-state index is 0.0858. The molecular formula is C23H31BrN4O11. The number of anilines is 1. The van der Waals surface area contributed by atoms with Crippen molar-refractivity contribution in [3.8, 4) is 0 Å². The zero-order valence-electron chi connectivity index (χ0n) is 20.9. The van der Waals surface area contributed by atoms with E-state index in [-0.39, 0.29) is 30.7 Å². The predicted octanol–water partition coefficient (Wildman–Crippen LogP) is -0.695. The van der Waals surface area contributed by atoms with E-state index in [9.17, 15) is 44.1 Å². The summed E-state index contributed by atoms with van der Waals surface area (Å²) in [5.74, 6) is -7.43. The van der Waals surface area contributed by atoms with Crippen molar-refractivity contribution in [2.24, 2.45) is 0 Å². The normalized spacial score (nSPS) is 12.7. The summed E-state index contributed by atoms with van der Waals surface area (Å²) in [6.07, 6.45) is 0.0953. The van der Waals surface area contributed by atoms with Crippen molar-refractivity contribution in [1.82, 2.24) is 15.1 Å². The highest BCUT2D eigenvalue weighted by atomic mass is 79.9. The molecule has 0 radical (unpaired) electrons. The lowest BCUT2D eigenvalue weighted by molar-refractivity contribution is -0.152. The van der Waals surface area contributed by atoms with Crippen molar-refractivity contribution >= 4 is 57.4 Å². The second-order valence-corrected chi connectivity index (χ2v) is 9.25. The predicted molar refractivity (Wildman–Crippen MR) is 139 cm³/mol. The van der Waals surface area contributed by atoms with E-state index in [2.05, 4.69) is 26.6 Å². The van der Waals surface area contributed by atoms with Gasteiger partial charge in [0.1, 0.15) is 0 Å². The van der Waals surface area contributed by atoms with Crippen LogP contribution in [-0.2, 0) is 35.2 Å². The standard InChI is InChI=1S/C23H31BrN4O11/c1-13(25-21(22(36)37)23(38)39)8-27(10-18(30)31)9-16(28(11-19(32)33)12-20(34)35)6-14-2-4-15(5-3-14)26-17(29)7-24/h2-5,13,16,21,25H,6-12H2,1H3,(H,26,29)(H,30,31)(H,32,33)(H,34,35)(H,36,37)(H,38,39). The Labute approximate surface area is 231 Å². The molecule has 15 nitrogen and oxygen atoms in total.